The molecule has 0 spiro atoms. The molecular weight excluding hydrogens is 242 g/mol. The molecule has 0 bridgehead atoms. The first-order valence-corrected chi connectivity index (χ1v) is 8.07. The number of fused-ring (bicyclic) bond motifs is 1. The molecule has 1 aromatic carbocycles. The van der Waals surface area contributed by atoms with Crippen molar-refractivity contribution in [1.29, 1.82) is 0 Å². The molecule has 2 nitrogen and oxygen atoms in total. The van der Waals surface area contributed by atoms with E-state index in [9.17, 15) is 4.21 Å². The van der Waals surface area contributed by atoms with Gasteiger partial charge in [-0.05, 0) is 43.5 Å². The molecule has 0 fully saturated rings. The molecule has 1 N–H and O–H groups in total. The van der Waals surface area contributed by atoms with Crippen molar-refractivity contribution in [1.82, 2.24) is 5.32 Å². The van der Waals surface area contributed by atoms with Gasteiger partial charge in [-0.1, -0.05) is 32.4 Å². The molecule has 0 aromatic heterocycles. The summed E-state index contributed by atoms with van der Waals surface area (Å²) in [6.45, 7) is 9.43. The van der Waals surface area contributed by atoms with E-state index in [1.807, 2.05) is 0 Å². The van der Waals surface area contributed by atoms with Gasteiger partial charge in [-0.25, -0.2) is 0 Å². The molecule has 100 valence electrons. The first-order chi connectivity index (χ1) is 8.61. The largest absolute Gasteiger partial charge is 0.309 e. The smallest absolute Gasteiger partial charge is 0.0590 e. The molecule has 1 aliphatic rings. The highest BCUT2D eigenvalue weighted by Crippen LogP contribution is 2.41. The van der Waals surface area contributed by atoms with E-state index in [1.165, 1.54) is 16.7 Å². The van der Waals surface area contributed by atoms with Gasteiger partial charge in [0.25, 0.3) is 0 Å². The number of nitrogens with one attached hydrogen (secondary N) is 1. The Bertz CT molecular complexity index is 470. The van der Waals surface area contributed by atoms with E-state index < -0.39 is 10.8 Å². The van der Waals surface area contributed by atoms with Gasteiger partial charge >= 0.3 is 0 Å². The molecule has 3 unspecified atom stereocenters. The van der Waals surface area contributed by atoms with Crippen molar-refractivity contribution in [2.45, 2.75) is 56.7 Å². The van der Waals surface area contributed by atoms with Crippen LogP contribution in [0.25, 0.3) is 0 Å². The van der Waals surface area contributed by atoms with E-state index in [0.717, 1.165) is 24.3 Å². The van der Waals surface area contributed by atoms with Gasteiger partial charge in [0.2, 0.25) is 0 Å². The summed E-state index contributed by atoms with van der Waals surface area (Å²) < 4.78 is 12.7. The lowest BCUT2D eigenvalue weighted by Gasteiger charge is -2.20. The second-order valence-electron chi connectivity index (χ2n) is 5.10. The van der Waals surface area contributed by atoms with E-state index in [2.05, 4.69) is 45.1 Å². The Morgan fingerprint density at radius 1 is 1.22 bits per heavy atom. The lowest BCUT2D eigenvalue weighted by atomic mass is 9.95. The summed E-state index contributed by atoms with van der Waals surface area (Å²) in [5, 5.41) is 3.78. The Kier molecular flexibility index (Phi) is 4.23. The maximum absolute atomic E-state index is 12.7. The molecule has 18 heavy (non-hydrogen) atoms. The molecule has 0 amide bonds. The monoisotopic (exact) mass is 265 g/mol. The first kappa shape index (κ1) is 13.8. The third kappa shape index (κ3) is 2.14. The average molecular weight is 265 g/mol. The molecule has 0 radical (unpaired) electrons. The Labute approximate surface area is 113 Å². The first-order valence-electron chi connectivity index (χ1n) is 6.85. The summed E-state index contributed by atoms with van der Waals surface area (Å²) in [4.78, 5) is 1.10. The van der Waals surface area contributed by atoms with E-state index in [-0.39, 0.29) is 11.3 Å². The normalized spacial score (nSPS) is 26.3. The second kappa shape index (κ2) is 5.54. The lowest BCUT2D eigenvalue weighted by molar-refractivity contribution is 0.505. The standard InChI is InChI=1S/C15H23NOS/c1-5-7-12-14(16-6-2)13-10(3)8-9-11(4)15(13)18(12)17/h8-9,12,14,16H,5-7H2,1-4H3. The Morgan fingerprint density at radius 2 is 1.89 bits per heavy atom. The zero-order chi connectivity index (χ0) is 13.3. The third-order valence-corrected chi connectivity index (χ3v) is 5.77. The van der Waals surface area contributed by atoms with Crippen molar-refractivity contribution in [3.8, 4) is 0 Å². The molecule has 0 saturated heterocycles. The van der Waals surface area contributed by atoms with Crippen LogP contribution in [0.2, 0.25) is 0 Å². The van der Waals surface area contributed by atoms with Crippen LogP contribution in [0.4, 0.5) is 0 Å². The van der Waals surface area contributed by atoms with Crippen LogP contribution >= 0.6 is 0 Å². The zero-order valence-electron chi connectivity index (χ0n) is 11.7. The molecule has 3 atom stereocenters. The minimum absolute atomic E-state index is 0.241. The molecule has 3 heteroatoms. The van der Waals surface area contributed by atoms with Crippen LogP contribution in [-0.4, -0.2) is 16.0 Å². The van der Waals surface area contributed by atoms with Crippen LogP contribution in [0, 0.1) is 13.8 Å². The van der Waals surface area contributed by atoms with Gasteiger partial charge in [-0.15, -0.1) is 0 Å². The second-order valence-corrected chi connectivity index (χ2v) is 6.71. The van der Waals surface area contributed by atoms with E-state index in [0.29, 0.717) is 0 Å². The van der Waals surface area contributed by atoms with Crippen molar-refractivity contribution in [3.05, 3.63) is 28.8 Å². The highest BCUT2D eigenvalue weighted by molar-refractivity contribution is 7.86. The summed E-state index contributed by atoms with van der Waals surface area (Å²) in [6.07, 6.45) is 2.11. The molecule has 1 aliphatic heterocycles. The molecular formula is C15H23NOS. The van der Waals surface area contributed by atoms with Crippen molar-refractivity contribution in [2.75, 3.05) is 6.54 Å². The lowest BCUT2D eigenvalue weighted by Crippen LogP contribution is -2.30. The van der Waals surface area contributed by atoms with E-state index in [4.69, 9.17) is 0 Å². The van der Waals surface area contributed by atoms with Crippen LogP contribution in [0.1, 0.15) is 49.4 Å². The number of rotatable bonds is 4. The topological polar surface area (TPSA) is 29.1 Å². The van der Waals surface area contributed by atoms with Gasteiger partial charge in [0.15, 0.2) is 0 Å². The molecule has 0 saturated carbocycles. The number of hydrogen-bond acceptors (Lipinski definition) is 2. The summed E-state index contributed by atoms with van der Waals surface area (Å²) in [5.41, 5.74) is 3.75. The summed E-state index contributed by atoms with van der Waals surface area (Å²) in [6, 6.07) is 4.53. The molecule has 2 rings (SSSR count). The van der Waals surface area contributed by atoms with Crippen molar-refractivity contribution >= 4 is 10.8 Å². The fourth-order valence-electron chi connectivity index (χ4n) is 2.93. The highest BCUT2D eigenvalue weighted by Gasteiger charge is 2.39. The summed E-state index contributed by atoms with van der Waals surface area (Å²) >= 11 is 0. The highest BCUT2D eigenvalue weighted by atomic mass is 32.2. The maximum atomic E-state index is 12.7. The Morgan fingerprint density at radius 3 is 2.50 bits per heavy atom. The predicted octanol–water partition coefficient (Wildman–Crippen LogP) is 3.24. The van der Waals surface area contributed by atoms with Gasteiger partial charge in [0.05, 0.1) is 16.0 Å². The van der Waals surface area contributed by atoms with Crippen molar-refractivity contribution in [3.63, 3.8) is 0 Å². The van der Waals surface area contributed by atoms with Crippen molar-refractivity contribution < 1.29 is 4.21 Å². The van der Waals surface area contributed by atoms with Crippen molar-refractivity contribution in [2.24, 2.45) is 0 Å². The van der Waals surface area contributed by atoms with Crippen LogP contribution < -0.4 is 5.32 Å². The maximum Gasteiger partial charge on any atom is 0.0590 e. The van der Waals surface area contributed by atoms with E-state index >= 15 is 0 Å². The Hall–Kier alpha value is -0.670. The fraction of sp³-hybridized carbons (Fsp3) is 0.600. The molecule has 1 aromatic rings. The van der Waals surface area contributed by atoms with Gasteiger partial charge in [-0.2, -0.15) is 0 Å². The molecule has 0 aliphatic carbocycles. The minimum Gasteiger partial charge on any atom is -0.309 e. The van der Waals surface area contributed by atoms with Gasteiger partial charge < -0.3 is 5.32 Å². The van der Waals surface area contributed by atoms with Crippen LogP contribution in [0.15, 0.2) is 17.0 Å². The van der Waals surface area contributed by atoms with Gasteiger partial charge in [0.1, 0.15) is 0 Å². The predicted molar refractivity (Wildman–Crippen MR) is 77.4 cm³/mol. The number of benzene rings is 1. The molecule has 1 heterocycles. The van der Waals surface area contributed by atoms with Gasteiger partial charge in [-0.3, -0.25) is 4.21 Å². The van der Waals surface area contributed by atoms with Crippen LogP contribution in [-0.2, 0) is 10.8 Å². The SMILES string of the molecule is CCCC1C(NCC)c2c(C)ccc(C)c2S1=O. The summed E-state index contributed by atoms with van der Waals surface area (Å²) in [5.74, 6) is 0. The quantitative estimate of drug-likeness (QED) is 0.905. The van der Waals surface area contributed by atoms with E-state index in [1.54, 1.807) is 0 Å². The van der Waals surface area contributed by atoms with Crippen LogP contribution in [0.5, 0.6) is 0 Å². The number of aryl methyl sites for hydroxylation is 2. The fourth-order valence-corrected chi connectivity index (χ4v) is 5.06. The van der Waals surface area contributed by atoms with Crippen LogP contribution in [0.3, 0.4) is 0 Å². The van der Waals surface area contributed by atoms with Gasteiger partial charge in [0, 0.05) is 10.9 Å². The summed E-state index contributed by atoms with van der Waals surface area (Å²) in [7, 11) is -0.851. The zero-order valence-corrected chi connectivity index (χ0v) is 12.6. The average Bonchev–Trinajstić information content (AvgIpc) is 2.61. The minimum atomic E-state index is -0.851. The number of hydrogen-bond donors (Lipinski definition) is 1. The third-order valence-electron chi connectivity index (χ3n) is 3.77. The Balaban J connectivity index is 2.52.